The number of nitrogens with zero attached hydrogens (tertiary/aromatic N) is 1. The predicted octanol–water partition coefficient (Wildman–Crippen LogP) is 0.727. The van der Waals surface area contributed by atoms with Crippen molar-refractivity contribution in [1.29, 1.82) is 0 Å². The maximum atomic E-state index is 12.1. The van der Waals surface area contributed by atoms with E-state index >= 15 is 0 Å². The largest absolute Gasteiger partial charge is 0.481 e. The molecule has 1 saturated carbocycles. The van der Waals surface area contributed by atoms with Gasteiger partial charge in [-0.05, 0) is 5.41 Å². The number of nitrogens with one attached hydrogen (secondary N) is 2. The van der Waals surface area contributed by atoms with Crippen LogP contribution in [0.4, 0.5) is 5.13 Å². The third-order valence-corrected chi connectivity index (χ3v) is 4.58. The van der Waals surface area contributed by atoms with Gasteiger partial charge in [-0.2, -0.15) is 0 Å². The van der Waals surface area contributed by atoms with Gasteiger partial charge < -0.3 is 15.7 Å². The van der Waals surface area contributed by atoms with Gasteiger partial charge in [0.15, 0.2) is 5.13 Å². The van der Waals surface area contributed by atoms with E-state index in [0.29, 0.717) is 10.8 Å². The van der Waals surface area contributed by atoms with Crippen LogP contribution in [-0.4, -0.2) is 34.9 Å². The van der Waals surface area contributed by atoms with Gasteiger partial charge in [-0.15, -0.1) is 11.3 Å². The number of amides is 2. The molecule has 0 aromatic carbocycles. The molecule has 1 heterocycles. The Morgan fingerprint density at radius 1 is 1.38 bits per heavy atom. The number of rotatable bonds is 5. The van der Waals surface area contributed by atoms with Gasteiger partial charge >= 0.3 is 5.97 Å². The van der Waals surface area contributed by atoms with E-state index in [4.69, 9.17) is 5.11 Å². The van der Waals surface area contributed by atoms with Gasteiger partial charge in [0.1, 0.15) is 0 Å². The van der Waals surface area contributed by atoms with Gasteiger partial charge in [0, 0.05) is 12.4 Å². The van der Waals surface area contributed by atoms with Gasteiger partial charge in [0.25, 0.3) is 0 Å². The summed E-state index contributed by atoms with van der Waals surface area (Å²) in [5, 5.41) is 16.3. The third kappa shape index (κ3) is 3.05. The first-order valence-electron chi connectivity index (χ1n) is 6.46. The SMILES string of the molecule is CNC(=O)Cc1csc(NC(=O)[C@@H]2[C@H](C(=O)O)C2(C)C)n1. The van der Waals surface area contributed by atoms with E-state index in [9.17, 15) is 14.4 Å². The summed E-state index contributed by atoms with van der Waals surface area (Å²) in [7, 11) is 1.54. The standard InChI is InChI=1S/C13H17N3O4S/c1-13(2)8(9(13)11(19)20)10(18)16-12-15-6(5-21-12)4-7(17)14-3/h5,8-9H,4H2,1-3H3,(H,14,17)(H,19,20)(H,15,16,18)/t8-,9+/m0/s1. The van der Waals surface area contributed by atoms with Crippen molar-refractivity contribution in [2.75, 3.05) is 12.4 Å². The number of thiazole rings is 1. The molecule has 1 fully saturated rings. The summed E-state index contributed by atoms with van der Waals surface area (Å²) in [4.78, 5) is 38.6. The monoisotopic (exact) mass is 311 g/mol. The lowest BCUT2D eigenvalue weighted by Crippen LogP contribution is -2.20. The van der Waals surface area contributed by atoms with Crippen molar-refractivity contribution in [1.82, 2.24) is 10.3 Å². The number of anilines is 1. The number of aliphatic carboxylic acids is 1. The van der Waals surface area contributed by atoms with Crippen molar-refractivity contribution in [3.63, 3.8) is 0 Å². The van der Waals surface area contributed by atoms with Crippen LogP contribution in [0.2, 0.25) is 0 Å². The Balaban J connectivity index is 1.98. The Morgan fingerprint density at radius 3 is 2.57 bits per heavy atom. The molecule has 0 radical (unpaired) electrons. The second-order valence-corrected chi connectivity index (χ2v) is 6.46. The Labute approximate surface area is 125 Å². The van der Waals surface area contributed by atoms with Crippen LogP contribution in [0, 0.1) is 17.3 Å². The van der Waals surface area contributed by atoms with E-state index in [0.717, 1.165) is 0 Å². The summed E-state index contributed by atoms with van der Waals surface area (Å²) in [6.45, 7) is 3.52. The molecular weight excluding hydrogens is 294 g/mol. The lowest BCUT2D eigenvalue weighted by atomic mass is 10.1. The Hall–Kier alpha value is -1.96. The van der Waals surface area contributed by atoms with E-state index in [2.05, 4.69) is 15.6 Å². The molecule has 1 aromatic heterocycles. The van der Waals surface area contributed by atoms with Gasteiger partial charge in [0.05, 0.1) is 24.0 Å². The summed E-state index contributed by atoms with van der Waals surface area (Å²) >= 11 is 1.21. The van der Waals surface area contributed by atoms with Crippen LogP contribution in [0.5, 0.6) is 0 Å². The molecule has 8 heteroatoms. The summed E-state index contributed by atoms with van der Waals surface area (Å²) < 4.78 is 0. The zero-order valence-corrected chi connectivity index (χ0v) is 12.8. The summed E-state index contributed by atoms with van der Waals surface area (Å²) in [6.07, 6.45) is 0.148. The van der Waals surface area contributed by atoms with Crippen LogP contribution in [0.3, 0.4) is 0 Å². The minimum atomic E-state index is -0.959. The van der Waals surface area contributed by atoms with Gasteiger partial charge in [0.2, 0.25) is 11.8 Å². The van der Waals surface area contributed by atoms with Crippen LogP contribution in [-0.2, 0) is 20.8 Å². The first-order chi connectivity index (χ1) is 9.77. The third-order valence-electron chi connectivity index (χ3n) is 3.78. The van der Waals surface area contributed by atoms with Crippen molar-refractivity contribution in [2.24, 2.45) is 17.3 Å². The lowest BCUT2D eigenvalue weighted by Gasteiger charge is -2.02. The zero-order chi connectivity index (χ0) is 15.8. The molecular formula is C13H17N3O4S. The number of carbonyl (C=O) groups is 3. The molecule has 0 unspecified atom stereocenters. The predicted molar refractivity (Wildman–Crippen MR) is 76.9 cm³/mol. The summed E-state index contributed by atoms with van der Waals surface area (Å²) in [5.74, 6) is -2.68. The minimum Gasteiger partial charge on any atom is -0.481 e. The molecule has 0 bridgehead atoms. The molecule has 0 aliphatic heterocycles. The van der Waals surface area contributed by atoms with Gasteiger partial charge in [-0.1, -0.05) is 13.8 Å². The van der Waals surface area contributed by atoms with Crippen LogP contribution < -0.4 is 10.6 Å². The number of aromatic nitrogens is 1. The fourth-order valence-electron chi connectivity index (χ4n) is 2.47. The highest BCUT2D eigenvalue weighted by molar-refractivity contribution is 7.13. The normalized spacial score (nSPS) is 22.4. The van der Waals surface area contributed by atoms with Gasteiger partial charge in [-0.25, -0.2) is 4.98 Å². The van der Waals surface area contributed by atoms with E-state index < -0.39 is 23.2 Å². The number of hydrogen-bond donors (Lipinski definition) is 3. The topological polar surface area (TPSA) is 108 Å². The molecule has 2 rings (SSSR count). The Bertz CT molecular complexity index is 596. The first-order valence-corrected chi connectivity index (χ1v) is 7.34. The molecule has 1 aliphatic carbocycles. The van der Waals surface area contributed by atoms with E-state index in [-0.39, 0.29) is 18.2 Å². The second kappa shape index (κ2) is 5.44. The molecule has 0 saturated heterocycles. The fourth-order valence-corrected chi connectivity index (χ4v) is 3.18. The van der Waals surface area contributed by atoms with Crippen molar-refractivity contribution in [3.05, 3.63) is 11.1 Å². The summed E-state index contributed by atoms with van der Waals surface area (Å²) in [5.41, 5.74) is 0.0254. The lowest BCUT2D eigenvalue weighted by molar-refractivity contribution is -0.140. The highest BCUT2D eigenvalue weighted by atomic mass is 32.1. The number of carbonyl (C=O) groups excluding carboxylic acids is 2. The van der Waals surface area contributed by atoms with Crippen LogP contribution in [0.15, 0.2) is 5.38 Å². The Kier molecular flexibility index (Phi) is 3.99. The number of carboxylic acid groups (broad SMARTS) is 1. The molecule has 2 amide bonds. The minimum absolute atomic E-state index is 0.148. The van der Waals surface area contributed by atoms with Crippen molar-refractivity contribution < 1.29 is 19.5 Å². The molecule has 7 nitrogen and oxygen atoms in total. The second-order valence-electron chi connectivity index (χ2n) is 5.60. The van der Waals surface area contributed by atoms with Crippen molar-refractivity contribution >= 4 is 34.3 Å². The van der Waals surface area contributed by atoms with Crippen molar-refractivity contribution in [2.45, 2.75) is 20.3 Å². The van der Waals surface area contributed by atoms with E-state index in [1.807, 2.05) is 0 Å². The van der Waals surface area contributed by atoms with Gasteiger partial charge in [-0.3, -0.25) is 14.4 Å². The quantitative estimate of drug-likeness (QED) is 0.743. The zero-order valence-electron chi connectivity index (χ0n) is 12.0. The highest BCUT2D eigenvalue weighted by Gasteiger charge is 2.65. The van der Waals surface area contributed by atoms with E-state index in [1.165, 1.54) is 11.3 Å². The van der Waals surface area contributed by atoms with Crippen LogP contribution in [0.1, 0.15) is 19.5 Å². The molecule has 3 N–H and O–H groups in total. The van der Waals surface area contributed by atoms with Crippen LogP contribution in [0.25, 0.3) is 0 Å². The average molecular weight is 311 g/mol. The molecule has 1 aliphatic rings. The molecule has 2 atom stereocenters. The number of likely N-dealkylation sites (N-methyl/N-ethyl adjacent to an activating group) is 1. The first kappa shape index (κ1) is 15.4. The summed E-state index contributed by atoms with van der Waals surface area (Å²) in [6, 6.07) is 0. The molecule has 114 valence electrons. The molecule has 1 aromatic rings. The molecule has 21 heavy (non-hydrogen) atoms. The number of carboxylic acids is 1. The highest BCUT2D eigenvalue weighted by Crippen LogP contribution is 2.58. The van der Waals surface area contributed by atoms with Crippen LogP contribution >= 0.6 is 11.3 Å². The van der Waals surface area contributed by atoms with Crippen molar-refractivity contribution in [3.8, 4) is 0 Å². The fraction of sp³-hybridized carbons (Fsp3) is 0.538. The maximum absolute atomic E-state index is 12.1. The smallest absolute Gasteiger partial charge is 0.307 e. The number of hydrogen-bond acceptors (Lipinski definition) is 5. The van der Waals surface area contributed by atoms with E-state index in [1.54, 1.807) is 26.3 Å². The Morgan fingerprint density at radius 2 is 2.05 bits per heavy atom. The maximum Gasteiger partial charge on any atom is 0.307 e. The average Bonchev–Trinajstić information content (AvgIpc) is 2.74. The molecule has 0 spiro atoms.